The molecule has 2 aromatic rings. The van der Waals surface area contributed by atoms with E-state index in [-0.39, 0.29) is 0 Å². The van der Waals surface area contributed by atoms with Gasteiger partial charge in [-0.25, -0.2) is 0 Å². The molecule has 0 aliphatic rings. The molecule has 2 heteroatoms. The Bertz CT molecular complexity index is 529. The van der Waals surface area contributed by atoms with E-state index < -0.39 is 5.91 Å². The number of benzene rings is 2. The van der Waals surface area contributed by atoms with E-state index in [0.29, 0.717) is 5.57 Å². The highest BCUT2D eigenvalue weighted by Crippen LogP contribution is 2.17. The Morgan fingerprint density at radius 1 is 0.882 bits per heavy atom. The highest BCUT2D eigenvalue weighted by atomic mass is 16.1. The molecule has 0 fully saturated rings. The first-order valence-electron chi connectivity index (χ1n) is 5.35. The predicted molar refractivity (Wildman–Crippen MR) is 68.9 cm³/mol. The summed E-state index contributed by atoms with van der Waals surface area (Å²) in [6.07, 6.45) is 1.74. The largest absolute Gasteiger partial charge is 0.270 e. The summed E-state index contributed by atoms with van der Waals surface area (Å²) >= 11 is 0. The number of carbonyl (C=O) groups excluding carboxylic acids is 1. The third-order valence-electron chi connectivity index (χ3n) is 2.44. The van der Waals surface area contributed by atoms with E-state index in [2.05, 4.69) is 0 Å². The molecular formula is C15H12NO. The van der Waals surface area contributed by atoms with Crippen LogP contribution in [0, 0.1) is 0 Å². The van der Waals surface area contributed by atoms with Crippen LogP contribution in [0.2, 0.25) is 0 Å². The van der Waals surface area contributed by atoms with Gasteiger partial charge < -0.3 is 0 Å². The Morgan fingerprint density at radius 3 is 1.94 bits per heavy atom. The van der Waals surface area contributed by atoms with Crippen molar-refractivity contribution < 1.29 is 4.79 Å². The first-order valence-corrected chi connectivity index (χ1v) is 5.35. The molecule has 2 rings (SSSR count). The zero-order valence-electron chi connectivity index (χ0n) is 9.26. The van der Waals surface area contributed by atoms with Crippen molar-refractivity contribution in [3.8, 4) is 0 Å². The van der Waals surface area contributed by atoms with Crippen LogP contribution >= 0.6 is 0 Å². The molecule has 0 atom stereocenters. The summed E-state index contributed by atoms with van der Waals surface area (Å²) in [6, 6.07) is 18.8. The van der Waals surface area contributed by atoms with Gasteiger partial charge in [-0.2, -0.15) is 0 Å². The Balaban J connectivity index is 2.44. The molecule has 1 radical (unpaired) electrons. The summed E-state index contributed by atoms with van der Waals surface area (Å²) in [5.74, 6) is -0.667. The number of rotatable bonds is 3. The van der Waals surface area contributed by atoms with Gasteiger partial charge in [-0.05, 0) is 17.2 Å². The van der Waals surface area contributed by atoms with Crippen molar-refractivity contribution in [3.05, 3.63) is 71.8 Å². The second-order valence-electron chi connectivity index (χ2n) is 3.66. The molecule has 0 saturated carbocycles. The molecule has 83 valence electrons. The number of carbonyl (C=O) groups is 1. The lowest BCUT2D eigenvalue weighted by Crippen LogP contribution is -2.01. The summed E-state index contributed by atoms with van der Waals surface area (Å²) in [7, 11) is 0. The van der Waals surface area contributed by atoms with E-state index in [1.807, 2.05) is 60.7 Å². The Hall–Kier alpha value is -2.35. The normalized spacial score (nSPS) is 11.2. The molecule has 2 nitrogen and oxygen atoms in total. The van der Waals surface area contributed by atoms with Gasteiger partial charge in [0.15, 0.2) is 0 Å². The van der Waals surface area contributed by atoms with Crippen LogP contribution in [0.1, 0.15) is 11.1 Å². The van der Waals surface area contributed by atoms with Gasteiger partial charge in [-0.15, -0.1) is 0 Å². The van der Waals surface area contributed by atoms with Crippen molar-refractivity contribution in [1.82, 2.24) is 5.73 Å². The van der Waals surface area contributed by atoms with Crippen LogP contribution in [0.4, 0.5) is 0 Å². The van der Waals surface area contributed by atoms with Gasteiger partial charge in [-0.1, -0.05) is 60.7 Å². The van der Waals surface area contributed by atoms with Gasteiger partial charge in [0.1, 0.15) is 0 Å². The minimum Gasteiger partial charge on any atom is -0.267 e. The van der Waals surface area contributed by atoms with Crippen molar-refractivity contribution in [3.63, 3.8) is 0 Å². The fourth-order valence-corrected chi connectivity index (χ4v) is 1.61. The standard InChI is InChI=1S/C15H12NO/c16-15(17)14(13-9-5-2-6-10-13)11-12-7-3-1-4-8-12/h1-11,16H/b14-11-. The maximum atomic E-state index is 11.3. The number of nitrogens with one attached hydrogen (secondary N) is 1. The molecule has 0 unspecified atom stereocenters. The molecule has 0 spiro atoms. The van der Waals surface area contributed by atoms with Crippen LogP contribution < -0.4 is 5.73 Å². The zero-order chi connectivity index (χ0) is 12.1. The van der Waals surface area contributed by atoms with E-state index in [9.17, 15) is 4.79 Å². The zero-order valence-corrected chi connectivity index (χ0v) is 9.26. The monoisotopic (exact) mass is 222 g/mol. The number of hydrogen-bond acceptors (Lipinski definition) is 1. The molecule has 1 N–H and O–H groups in total. The quantitative estimate of drug-likeness (QED) is 0.581. The fourth-order valence-electron chi connectivity index (χ4n) is 1.61. The van der Waals surface area contributed by atoms with Crippen LogP contribution in [-0.4, -0.2) is 5.91 Å². The van der Waals surface area contributed by atoms with E-state index in [0.717, 1.165) is 11.1 Å². The third-order valence-corrected chi connectivity index (χ3v) is 2.44. The van der Waals surface area contributed by atoms with Crippen LogP contribution in [-0.2, 0) is 4.79 Å². The van der Waals surface area contributed by atoms with Crippen LogP contribution in [0.15, 0.2) is 60.7 Å². The Kier molecular flexibility index (Phi) is 3.36. The fraction of sp³-hybridized carbons (Fsp3) is 0. The van der Waals surface area contributed by atoms with Gasteiger partial charge in [0.25, 0.3) is 5.91 Å². The summed E-state index contributed by atoms with van der Waals surface area (Å²) in [6.45, 7) is 0. The highest BCUT2D eigenvalue weighted by Gasteiger charge is 2.08. The van der Waals surface area contributed by atoms with E-state index in [1.54, 1.807) is 6.08 Å². The summed E-state index contributed by atoms with van der Waals surface area (Å²) in [5.41, 5.74) is 9.43. The number of amides is 1. The van der Waals surface area contributed by atoms with Crippen LogP contribution in [0.25, 0.3) is 11.6 Å². The minimum atomic E-state index is -0.667. The Labute approximate surface area is 100 Å². The van der Waals surface area contributed by atoms with Crippen molar-refractivity contribution in [1.29, 1.82) is 0 Å². The molecule has 0 heterocycles. The lowest BCUT2D eigenvalue weighted by Gasteiger charge is -2.02. The topological polar surface area (TPSA) is 40.9 Å². The molecule has 0 aliphatic carbocycles. The first kappa shape index (κ1) is 11.1. The van der Waals surface area contributed by atoms with E-state index >= 15 is 0 Å². The van der Waals surface area contributed by atoms with Gasteiger partial charge in [0.05, 0.1) is 0 Å². The highest BCUT2D eigenvalue weighted by molar-refractivity contribution is 6.23. The summed E-state index contributed by atoms with van der Waals surface area (Å²) in [4.78, 5) is 11.3. The number of hydrogen-bond donors (Lipinski definition) is 0. The molecule has 2 aromatic carbocycles. The molecule has 17 heavy (non-hydrogen) atoms. The summed E-state index contributed by atoms with van der Waals surface area (Å²) in [5, 5.41) is 0. The van der Waals surface area contributed by atoms with Gasteiger partial charge >= 0.3 is 0 Å². The molecule has 0 bridgehead atoms. The molecule has 0 aliphatic heterocycles. The maximum absolute atomic E-state index is 11.3. The smallest absolute Gasteiger partial charge is 0.267 e. The van der Waals surface area contributed by atoms with E-state index in [1.165, 1.54) is 0 Å². The van der Waals surface area contributed by atoms with Gasteiger partial charge in [0, 0.05) is 5.57 Å². The van der Waals surface area contributed by atoms with Crippen molar-refractivity contribution in [2.75, 3.05) is 0 Å². The second-order valence-corrected chi connectivity index (χ2v) is 3.66. The van der Waals surface area contributed by atoms with Crippen molar-refractivity contribution >= 4 is 17.6 Å². The molecule has 0 saturated heterocycles. The first-order chi connectivity index (χ1) is 8.27. The molecular weight excluding hydrogens is 210 g/mol. The Morgan fingerprint density at radius 2 is 1.41 bits per heavy atom. The average molecular weight is 222 g/mol. The van der Waals surface area contributed by atoms with Gasteiger partial charge in [-0.3, -0.25) is 10.5 Å². The predicted octanol–water partition coefficient (Wildman–Crippen LogP) is 3.04. The minimum absolute atomic E-state index is 0.414. The second kappa shape index (κ2) is 5.12. The van der Waals surface area contributed by atoms with Gasteiger partial charge in [0.2, 0.25) is 0 Å². The SMILES string of the molecule is [NH]C(=O)/C(=C\c1ccccc1)c1ccccc1. The van der Waals surface area contributed by atoms with Crippen LogP contribution in [0.3, 0.4) is 0 Å². The average Bonchev–Trinajstić information content (AvgIpc) is 2.38. The lowest BCUT2D eigenvalue weighted by atomic mass is 10.0. The van der Waals surface area contributed by atoms with Crippen molar-refractivity contribution in [2.45, 2.75) is 0 Å². The maximum Gasteiger partial charge on any atom is 0.270 e. The van der Waals surface area contributed by atoms with Crippen molar-refractivity contribution in [2.24, 2.45) is 0 Å². The third kappa shape index (κ3) is 2.82. The van der Waals surface area contributed by atoms with E-state index in [4.69, 9.17) is 5.73 Å². The lowest BCUT2D eigenvalue weighted by molar-refractivity contribution is -0.113. The van der Waals surface area contributed by atoms with Crippen LogP contribution in [0.5, 0.6) is 0 Å². The molecule has 0 aromatic heterocycles. The molecule has 1 amide bonds. The summed E-state index contributed by atoms with van der Waals surface area (Å²) < 4.78 is 0.